The first kappa shape index (κ1) is 15.1. The highest BCUT2D eigenvalue weighted by molar-refractivity contribution is 5.97. The zero-order valence-electron chi connectivity index (χ0n) is 12.3. The van der Waals surface area contributed by atoms with E-state index in [1.54, 1.807) is 6.92 Å². The van der Waals surface area contributed by atoms with Crippen molar-refractivity contribution in [2.24, 2.45) is 11.1 Å². The summed E-state index contributed by atoms with van der Waals surface area (Å²) in [7, 11) is 0. The van der Waals surface area contributed by atoms with Gasteiger partial charge in [0.1, 0.15) is 0 Å². The molecule has 1 aromatic heterocycles. The third kappa shape index (κ3) is 2.76. The number of esters is 1. The van der Waals surface area contributed by atoms with Crippen LogP contribution < -0.4 is 16.4 Å². The molecule has 1 amide bonds. The van der Waals surface area contributed by atoms with Crippen molar-refractivity contribution in [3.8, 4) is 0 Å². The topological polar surface area (TPSA) is 112 Å². The number of rotatable bonds is 4. The standard InChI is InChI=1S/C14H20N4O3/c1-3-21-12(19)9-4-6-17-11(10(9)15)18-7-5-14(2,8-18)13(16)20/h4,6H,3,5,7-8,15H2,1-2H3,(H2,16,20). The summed E-state index contributed by atoms with van der Waals surface area (Å²) in [5.41, 5.74) is 11.4. The summed E-state index contributed by atoms with van der Waals surface area (Å²) in [5.74, 6) is -0.328. The van der Waals surface area contributed by atoms with Gasteiger partial charge in [-0.2, -0.15) is 0 Å². The Balaban J connectivity index is 2.28. The van der Waals surface area contributed by atoms with Crippen molar-refractivity contribution >= 4 is 23.4 Å². The highest BCUT2D eigenvalue weighted by atomic mass is 16.5. The van der Waals surface area contributed by atoms with E-state index in [-0.39, 0.29) is 23.8 Å². The molecule has 1 aliphatic heterocycles. The van der Waals surface area contributed by atoms with E-state index >= 15 is 0 Å². The molecule has 1 unspecified atom stereocenters. The smallest absolute Gasteiger partial charge is 0.340 e. The summed E-state index contributed by atoms with van der Waals surface area (Å²) < 4.78 is 4.97. The molecule has 0 aromatic carbocycles. The lowest BCUT2D eigenvalue weighted by Gasteiger charge is -2.23. The van der Waals surface area contributed by atoms with E-state index in [1.165, 1.54) is 12.3 Å². The summed E-state index contributed by atoms with van der Waals surface area (Å²) in [6, 6.07) is 1.53. The molecule has 21 heavy (non-hydrogen) atoms. The Hall–Kier alpha value is -2.31. The van der Waals surface area contributed by atoms with Crippen LogP contribution in [-0.4, -0.2) is 36.6 Å². The van der Waals surface area contributed by atoms with Crippen molar-refractivity contribution in [3.63, 3.8) is 0 Å². The summed E-state index contributed by atoms with van der Waals surface area (Å²) in [4.78, 5) is 29.5. The lowest BCUT2D eigenvalue weighted by Crippen LogP contribution is -2.37. The number of carbonyl (C=O) groups excluding carboxylic acids is 2. The summed E-state index contributed by atoms with van der Waals surface area (Å²) >= 11 is 0. The number of hydrogen-bond acceptors (Lipinski definition) is 6. The molecule has 1 aliphatic rings. The number of anilines is 2. The van der Waals surface area contributed by atoms with E-state index in [0.29, 0.717) is 25.3 Å². The Morgan fingerprint density at radius 1 is 1.52 bits per heavy atom. The van der Waals surface area contributed by atoms with E-state index < -0.39 is 11.4 Å². The van der Waals surface area contributed by atoms with E-state index in [9.17, 15) is 9.59 Å². The number of aromatic nitrogens is 1. The van der Waals surface area contributed by atoms with Crippen LogP contribution in [0.1, 0.15) is 30.6 Å². The van der Waals surface area contributed by atoms with Crippen molar-refractivity contribution in [2.45, 2.75) is 20.3 Å². The number of primary amides is 1. The Bertz CT molecular complexity index is 575. The van der Waals surface area contributed by atoms with Crippen LogP contribution in [0.5, 0.6) is 0 Å². The molecule has 0 aliphatic carbocycles. The first-order valence-corrected chi connectivity index (χ1v) is 6.85. The molecule has 1 fully saturated rings. The van der Waals surface area contributed by atoms with E-state index in [1.807, 2.05) is 11.8 Å². The Kier molecular flexibility index (Phi) is 4.02. The van der Waals surface area contributed by atoms with Gasteiger partial charge in [-0.15, -0.1) is 0 Å². The second-order valence-corrected chi connectivity index (χ2v) is 5.41. The molecule has 1 aromatic rings. The quantitative estimate of drug-likeness (QED) is 0.783. The normalized spacial score (nSPS) is 21.3. The minimum absolute atomic E-state index is 0.268. The number of pyridine rings is 1. The van der Waals surface area contributed by atoms with Crippen molar-refractivity contribution in [1.82, 2.24) is 4.98 Å². The van der Waals surface area contributed by atoms with Crippen molar-refractivity contribution in [1.29, 1.82) is 0 Å². The van der Waals surface area contributed by atoms with Gasteiger partial charge in [-0.25, -0.2) is 9.78 Å². The van der Waals surface area contributed by atoms with Crippen LogP contribution in [0.3, 0.4) is 0 Å². The fourth-order valence-electron chi connectivity index (χ4n) is 2.44. The number of ether oxygens (including phenoxy) is 1. The lowest BCUT2D eigenvalue weighted by atomic mass is 9.89. The second-order valence-electron chi connectivity index (χ2n) is 5.41. The van der Waals surface area contributed by atoms with Crippen LogP contribution in [0.2, 0.25) is 0 Å². The van der Waals surface area contributed by atoms with Crippen molar-refractivity contribution < 1.29 is 14.3 Å². The average Bonchev–Trinajstić information content (AvgIpc) is 2.83. The van der Waals surface area contributed by atoms with Gasteiger partial charge in [0.15, 0.2) is 5.82 Å². The summed E-state index contributed by atoms with van der Waals surface area (Å²) in [6.07, 6.45) is 2.14. The van der Waals surface area contributed by atoms with Crippen LogP contribution >= 0.6 is 0 Å². The minimum atomic E-state index is -0.603. The maximum Gasteiger partial charge on any atom is 0.340 e. The molecule has 0 spiro atoms. The fourth-order valence-corrected chi connectivity index (χ4v) is 2.44. The largest absolute Gasteiger partial charge is 0.462 e. The first-order chi connectivity index (χ1) is 9.89. The number of nitrogen functional groups attached to an aromatic ring is 1. The van der Waals surface area contributed by atoms with Gasteiger partial charge in [-0.05, 0) is 26.3 Å². The SMILES string of the molecule is CCOC(=O)c1ccnc(N2CCC(C)(C(N)=O)C2)c1N. The summed E-state index contributed by atoms with van der Waals surface area (Å²) in [6.45, 7) is 4.88. The van der Waals surface area contributed by atoms with Gasteiger partial charge >= 0.3 is 5.97 Å². The molecule has 2 heterocycles. The van der Waals surface area contributed by atoms with E-state index in [4.69, 9.17) is 16.2 Å². The maximum absolute atomic E-state index is 11.8. The van der Waals surface area contributed by atoms with Gasteiger partial charge in [0, 0.05) is 19.3 Å². The van der Waals surface area contributed by atoms with Gasteiger partial charge in [-0.3, -0.25) is 4.79 Å². The molecule has 1 atom stereocenters. The van der Waals surface area contributed by atoms with Gasteiger partial charge < -0.3 is 21.1 Å². The van der Waals surface area contributed by atoms with Gasteiger partial charge in [0.2, 0.25) is 5.91 Å². The zero-order valence-corrected chi connectivity index (χ0v) is 12.3. The minimum Gasteiger partial charge on any atom is -0.462 e. The number of nitrogens with zero attached hydrogens (tertiary/aromatic N) is 2. The van der Waals surface area contributed by atoms with Crippen LogP contribution in [0, 0.1) is 5.41 Å². The maximum atomic E-state index is 11.8. The Labute approximate surface area is 123 Å². The first-order valence-electron chi connectivity index (χ1n) is 6.85. The third-order valence-corrected chi connectivity index (χ3v) is 3.83. The van der Waals surface area contributed by atoms with Gasteiger partial charge in [0.25, 0.3) is 0 Å². The molecule has 7 nitrogen and oxygen atoms in total. The van der Waals surface area contributed by atoms with Crippen molar-refractivity contribution in [2.75, 3.05) is 30.3 Å². The van der Waals surface area contributed by atoms with Crippen LogP contribution in [0.4, 0.5) is 11.5 Å². The molecule has 2 rings (SSSR count). The lowest BCUT2D eigenvalue weighted by molar-refractivity contribution is -0.125. The molecular weight excluding hydrogens is 272 g/mol. The molecule has 0 bridgehead atoms. The van der Waals surface area contributed by atoms with Crippen LogP contribution in [-0.2, 0) is 9.53 Å². The number of carbonyl (C=O) groups is 2. The molecule has 1 saturated heterocycles. The molecular formula is C14H20N4O3. The predicted molar refractivity (Wildman–Crippen MR) is 78.7 cm³/mol. The average molecular weight is 292 g/mol. The fraction of sp³-hybridized carbons (Fsp3) is 0.500. The second kappa shape index (κ2) is 5.59. The van der Waals surface area contributed by atoms with E-state index in [2.05, 4.69) is 4.98 Å². The molecule has 114 valence electrons. The summed E-state index contributed by atoms with van der Waals surface area (Å²) in [5, 5.41) is 0. The Morgan fingerprint density at radius 3 is 2.81 bits per heavy atom. The van der Waals surface area contributed by atoms with E-state index in [0.717, 1.165) is 0 Å². The highest BCUT2D eigenvalue weighted by Gasteiger charge is 2.40. The molecule has 7 heteroatoms. The third-order valence-electron chi connectivity index (χ3n) is 3.83. The Morgan fingerprint density at radius 2 is 2.24 bits per heavy atom. The number of hydrogen-bond donors (Lipinski definition) is 2. The number of nitrogens with two attached hydrogens (primary N) is 2. The zero-order chi connectivity index (χ0) is 15.6. The van der Waals surface area contributed by atoms with Crippen molar-refractivity contribution in [3.05, 3.63) is 17.8 Å². The predicted octanol–water partition coefficient (Wildman–Crippen LogP) is 0.542. The molecule has 0 radical (unpaired) electrons. The monoisotopic (exact) mass is 292 g/mol. The molecule has 0 saturated carbocycles. The highest BCUT2D eigenvalue weighted by Crippen LogP contribution is 2.35. The molecule has 4 N–H and O–H groups in total. The van der Waals surface area contributed by atoms with Crippen LogP contribution in [0.15, 0.2) is 12.3 Å². The number of amides is 1. The van der Waals surface area contributed by atoms with Crippen LogP contribution in [0.25, 0.3) is 0 Å². The van der Waals surface area contributed by atoms with Gasteiger partial charge in [-0.1, -0.05) is 0 Å². The van der Waals surface area contributed by atoms with Gasteiger partial charge in [0.05, 0.1) is 23.3 Å².